The Morgan fingerprint density at radius 2 is 1.63 bits per heavy atom. The number of carbonyl (C=O) groups is 1. The van der Waals surface area contributed by atoms with Gasteiger partial charge in [0.2, 0.25) is 5.91 Å². The second-order valence-electron chi connectivity index (χ2n) is 8.13. The van der Waals surface area contributed by atoms with Gasteiger partial charge in [-0.1, -0.05) is 55.4 Å². The van der Waals surface area contributed by atoms with E-state index in [0.717, 1.165) is 6.42 Å². The largest absolute Gasteiger partial charge is 0.361 e. The topological polar surface area (TPSA) is 38.3 Å². The highest BCUT2D eigenvalue weighted by Gasteiger charge is 2.34. The molecule has 0 aromatic heterocycles. The van der Waals surface area contributed by atoms with E-state index in [1.54, 1.807) is 0 Å². The fourth-order valence-electron chi connectivity index (χ4n) is 1.94. The summed E-state index contributed by atoms with van der Waals surface area (Å²) in [5.41, 5.74) is 0.115. The van der Waals surface area contributed by atoms with Gasteiger partial charge in [-0.3, -0.25) is 4.79 Å². The van der Waals surface area contributed by atoms with Crippen molar-refractivity contribution in [2.75, 3.05) is 13.3 Å². The number of hydrogen-bond donors (Lipinski definition) is 1. The Bertz CT molecular complexity index is 271. The fraction of sp³-hybridized carbons (Fsp3) is 0.938. The van der Waals surface area contributed by atoms with Gasteiger partial charge >= 0.3 is 0 Å². The summed E-state index contributed by atoms with van der Waals surface area (Å²) in [6.07, 6.45) is 0.881. The third-order valence-corrected chi connectivity index (χ3v) is 2.98. The van der Waals surface area contributed by atoms with Gasteiger partial charge in [0.05, 0.1) is 6.61 Å². The third-order valence-electron chi connectivity index (χ3n) is 2.98. The van der Waals surface area contributed by atoms with Gasteiger partial charge in [-0.2, -0.15) is 0 Å². The predicted octanol–water partition coefficient (Wildman–Crippen LogP) is 3.83. The minimum atomic E-state index is -0.0323. The Labute approximate surface area is 119 Å². The molecule has 114 valence electrons. The average Bonchev–Trinajstić information content (AvgIpc) is 2.17. The Morgan fingerprint density at radius 1 is 1.11 bits per heavy atom. The predicted molar refractivity (Wildman–Crippen MR) is 80.8 cm³/mol. The molecule has 0 rings (SSSR count). The fourth-order valence-corrected chi connectivity index (χ4v) is 1.94. The molecular formula is C16H33NO2. The highest BCUT2D eigenvalue weighted by atomic mass is 16.5. The molecule has 1 atom stereocenters. The Morgan fingerprint density at radius 3 is 2.00 bits per heavy atom. The lowest BCUT2D eigenvalue weighted by molar-refractivity contribution is -0.131. The molecule has 0 aromatic rings. The zero-order valence-corrected chi connectivity index (χ0v) is 14.1. The minimum Gasteiger partial charge on any atom is -0.361 e. The quantitative estimate of drug-likeness (QED) is 0.589. The van der Waals surface area contributed by atoms with Gasteiger partial charge in [0, 0.05) is 5.92 Å². The number of ether oxygens (including phenoxy) is 1. The maximum absolute atomic E-state index is 12.3. The van der Waals surface area contributed by atoms with E-state index in [0.29, 0.717) is 19.3 Å². The molecule has 0 radical (unpaired) electrons. The summed E-state index contributed by atoms with van der Waals surface area (Å²) < 4.78 is 5.43. The van der Waals surface area contributed by atoms with Crippen LogP contribution in [0.2, 0.25) is 0 Å². The van der Waals surface area contributed by atoms with Gasteiger partial charge in [-0.05, 0) is 23.2 Å². The molecule has 0 aliphatic carbocycles. The zero-order chi connectivity index (χ0) is 15.3. The monoisotopic (exact) mass is 271 g/mol. The zero-order valence-electron chi connectivity index (χ0n) is 14.1. The van der Waals surface area contributed by atoms with Crippen molar-refractivity contribution in [3.63, 3.8) is 0 Å². The van der Waals surface area contributed by atoms with Crippen molar-refractivity contribution in [1.29, 1.82) is 0 Å². The lowest BCUT2D eigenvalue weighted by atomic mass is 9.72. The van der Waals surface area contributed by atoms with E-state index in [4.69, 9.17) is 4.74 Å². The van der Waals surface area contributed by atoms with Crippen molar-refractivity contribution in [2.24, 2.45) is 22.7 Å². The lowest BCUT2D eigenvalue weighted by Gasteiger charge is -2.34. The summed E-state index contributed by atoms with van der Waals surface area (Å²) in [6, 6.07) is 0. The van der Waals surface area contributed by atoms with Gasteiger partial charge in [-0.15, -0.1) is 0 Å². The molecule has 1 unspecified atom stereocenters. The van der Waals surface area contributed by atoms with E-state index in [-0.39, 0.29) is 22.7 Å². The number of rotatable bonds is 6. The van der Waals surface area contributed by atoms with Crippen LogP contribution in [0.25, 0.3) is 0 Å². The van der Waals surface area contributed by atoms with Crippen LogP contribution in [0.15, 0.2) is 0 Å². The molecule has 0 heterocycles. The molecule has 0 aromatic carbocycles. The van der Waals surface area contributed by atoms with E-state index in [2.05, 4.69) is 60.7 Å². The standard InChI is InChI=1S/C16H33NO2/c1-12(2)10-19-11-17-14(18)13(16(6,7)8)9-15(3,4)5/h12-13H,9-11H2,1-8H3,(H,17,18). The van der Waals surface area contributed by atoms with Crippen LogP contribution < -0.4 is 5.32 Å². The summed E-state index contributed by atoms with van der Waals surface area (Å²) in [7, 11) is 0. The summed E-state index contributed by atoms with van der Waals surface area (Å²) >= 11 is 0. The molecule has 3 nitrogen and oxygen atoms in total. The summed E-state index contributed by atoms with van der Waals surface area (Å²) in [4.78, 5) is 12.3. The first kappa shape index (κ1) is 18.4. The molecule has 0 spiro atoms. The van der Waals surface area contributed by atoms with Crippen LogP contribution in [-0.2, 0) is 9.53 Å². The summed E-state index contributed by atoms with van der Waals surface area (Å²) in [5.74, 6) is 0.603. The first-order chi connectivity index (χ1) is 8.43. The highest BCUT2D eigenvalue weighted by Crippen LogP contribution is 2.36. The van der Waals surface area contributed by atoms with Gasteiger partial charge in [0.25, 0.3) is 0 Å². The maximum atomic E-state index is 12.3. The molecule has 0 saturated heterocycles. The minimum absolute atomic E-state index is 0.00940. The number of nitrogens with one attached hydrogen (secondary N) is 1. The van der Waals surface area contributed by atoms with E-state index in [1.807, 2.05) is 0 Å². The van der Waals surface area contributed by atoms with Crippen LogP contribution in [0.1, 0.15) is 61.8 Å². The first-order valence-electron chi connectivity index (χ1n) is 7.29. The normalized spacial score (nSPS) is 14.6. The van der Waals surface area contributed by atoms with Gasteiger partial charge in [0.15, 0.2) is 0 Å². The van der Waals surface area contributed by atoms with Crippen LogP contribution in [0.3, 0.4) is 0 Å². The van der Waals surface area contributed by atoms with Crippen molar-refractivity contribution >= 4 is 5.91 Å². The molecule has 3 heteroatoms. The second kappa shape index (κ2) is 7.28. The Balaban J connectivity index is 4.41. The molecule has 0 saturated carbocycles. The van der Waals surface area contributed by atoms with Gasteiger partial charge in [0.1, 0.15) is 6.73 Å². The number of carbonyl (C=O) groups excluding carboxylic acids is 1. The van der Waals surface area contributed by atoms with Crippen LogP contribution in [0.4, 0.5) is 0 Å². The van der Waals surface area contributed by atoms with Crippen molar-refractivity contribution in [2.45, 2.75) is 61.8 Å². The van der Waals surface area contributed by atoms with E-state index >= 15 is 0 Å². The number of hydrogen-bond acceptors (Lipinski definition) is 2. The van der Waals surface area contributed by atoms with Gasteiger partial charge in [-0.25, -0.2) is 0 Å². The SMILES string of the molecule is CC(C)COCNC(=O)C(CC(C)(C)C)C(C)(C)C. The summed E-state index contributed by atoms with van der Waals surface area (Å²) in [5, 5.41) is 2.91. The van der Waals surface area contributed by atoms with Crippen molar-refractivity contribution in [3.05, 3.63) is 0 Å². The van der Waals surface area contributed by atoms with E-state index in [1.165, 1.54) is 0 Å². The summed E-state index contributed by atoms with van der Waals surface area (Å²) in [6.45, 7) is 18.1. The molecule has 1 N–H and O–H groups in total. The molecule has 0 aliphatic rings. The molecule has 19 heavy (non-hydrogen) atoms. The van der Waals surface area contributed by atoms with Crippen molar-refractivity contribution in [3.8, 4) is 0 Å². The van der Waals surface area contributed by atoms with Crippen molar-refractivity contribution < 1.29 is 9.53 Å². The van der Waals surface area contributed by atoms with Crippen LogP contribution in [-0.4, -0.2) is 19.2 Å². The highest BCUT2D eigenvalue weighted by molar-refractivity contribution is 5.79. The number of amides is 1. The smallest absolute Gasteiger partial charge is 0.225 e. The van der Waals surface area contributed by atoms with E-state index < -0.39 is 0 Å². The third kappa shape index (κ3) is 9.04. The molecule has 1 amide bonds. The van der Waals surface area contributed by atoms with E-state index in [9.17, 15) is 4.79 Å². The van der Waals surface area contributed by atoms with Crippen LogP contribution in [0, 0.1) is 22.7 Å². The molecule has 0 fully saturated rings. The Kier molecular flexibility index (Phi) is 7.06. The second-order valence-corrected chi connectivity index (χ2v) is 8.13. The average molecular weight is 271 g/mol. The van der Waals surface area contributed by atoms with Crippen LogP contribution in [0.5, 0.6) is 0 Å². The maximum Gasteiger partial charge on any atom is 0.225 e. The molecular weight excluding hydrogens is 238 g/mol. The molecule has 0 aliphatic heterocycles. The van der Waals surface area contributed by atoms with Crippen LogP contribution >= 0.6 is 0 Å². The first-order valence-corrected chi connectivity index (χ1v) is 7.29. The van der Waals surface area contributed by atoms with Crippen molar-refractivity contribution in [1.82, 2.24) is 5.32 Å². The molecule has 0 bridgehead atoms. The lowest BCUT2D eigenvalue weighted by Crippen LogP contribution is -2.41. The van der Waals surface area contributed by atoms with Gasteiger partial charge < -0.3 is 10.1 Å². The Hall–Kier alpha value is -0.570.